The summed E-state index contributed by atoms with van der Waals surface area (Å²) in [5.74, 6) is 0.548. The van der Waals surface area contributed by atoms with Gasteiger partial charge in [0, 0.05) is 35.6 Å². The predicted octanol–water partition coefficient (Wildman–Crippen LogP) is 4.20. The summed E-state index contributed by atoms with van der Waals surface area (Å²) in [4.78, 5) is 11.7. The molecule has 1 aromatic carbocycles. The summed E-state index contributed by atoms with van der Waals surface area (Å²) in [5, 5.41) is 7.58. The van der Waals surface area contributed by atoms with E-state index in [1.807, 2.05) is 12.1 Å². The molecule has 0 aromatic heterocycles. The average Bonchev–Trinajstić information content (AvgIpc) is 2.42. The van der Waals surface area contributed by atoms with Gasteiger partial charge in [0.05, 0.1) is 0 Å². The number of benzene rings is 1. The summed E-state index contributed by atoms with van der Waals surface area (Å²) in [6.07, 6.45) is 1.36. The van der Waals surface area contributed by atoms with Gasteiger partial charge in [-0.25, -0.2) is 0 Å². The Kier molecular flexibility index (Phi) is 8.09. The van der Waals surface area contributed by atoms with Gasteiger partial charge in [-0.1, -0.05) is 50.0 Å². The monoisotopic (exact) mass is 330 g/mol. The SMILES string of the molecule is CCC(NCCC(=O)NCC(C)C)c1ccc(Cl)cc1Cl. The Labute approximate surface area is 137 Å². The molecular formula is C16H24Cl2N2O. The van der Waals surface area contributed by atoms with E-state index in [0.29, 0.717) is 28.9 Å². The molecule has 0 fully saturated rings. The number of rotatable bonds is 8. The topological polar surface area (TPSA) is 41.1 Å². The fourth-order valence-electron chi connectivity index (χ4n) is 2.02. The fourth-order valence-corrected chi connectivity index (χ4v) is 2.56. The van der Waals surface area contributed by atoms with Crippen LogP contribution in [0.25, 0.3) is 0 Å². The third-order valence-electron chi connectivity index (χ3n) is 3.20. The maximum Gasteiger partial charge on any atom is 0.221 e. The number of carbonyl (C=O) groups excluding carboxylic acids is 1. The molecule has 1 unspecified atom stereocenters. The van der Waals surface area contributed by atoms with Gasteiger partial charge in [0.1, 0.15) is 0 Å². The minimum Gasteiger partial charge on any atom is -0.356 e. The van der Waals surface area contributed by atoms with E-state index < -0.39 is 0 Å². The van der Waals surface area contributed by atoms with Crippen LogP contribution in [0.1, 0.15) is 45.2 Å². The van der Waals surface area contributed by atoms with Crippen LogP contribution in [-0.4, -0.2) is 19.0 Å². The summed E-state index contributed by atoms with van der Waals surface area (Å²) in [7, 11) is 0. The van der Waals surface area contributed by atoms with Crippen molar-refractivity contribution in [2.75, 3.05) is 13.1 Å². The van der Waals surface area contributed by atoms with E-state index in [1.54, 1.807) is 6.07 Å². The normalized spacial score (nSPS) is 12.5. The average molecular weight is 331 g/mol. The van der Waals surface area contributed by atoms with Crippen molar-refractivity contribution in [3.63, 3.8) is 0 Å². The van der Waals surface area contributed by atoms with Gasteiger partial charge in [-0.05, 0) is 30.0 Å². The smallest absolute Gasteiger partial charge is 0.221 e. The molecule has 3 nitrogen and oxygen atoms in total. The molecular weight excluding hydrogens is 307 g/mol. The van der Waals surface area contributed by atoms with Gasteiger partial charge < -0.3 is 10.6 Å². The zero-order valence-corrected chi connectivity index (χ0v) is 14.4. The lowest BCUT2D eigenvalue weighted by molar-refractivity contribution is -0.121. The number of nitrogens with one attached hydrogen (secondary N) is 2. The van der Waals surface area contributed by atoms with Crippen LogP contribution in [0.2, 0.25) is 10.0 Å². The van der Waals surface area contributed by atoms with Gasteiger partial charge in [0.2, 0.25) is 5.91 Å². The third kappa shape index (κ3) is 6.68. The second kappa shape index (κ2) is 9.29. The zero-order chi connectivity index (χ0) is 15.8. The van der Waals surface area contributed by atoms with E-state index in [-0.39, 0.29) is 11.9 Å². The molecule has 0 heterocycles. The minimum absolute atomic E-state index is 0.0771. The first-order valence-electron chi connectivity index (χ1n) is 7.39. The molecule has 0 aliphatic rings. The highest BCUT2D eigenvalue weighted by atomic mass is 35.5. The van der Waals surface area contributed by atoms with Crippen molar-refractivity contribution in [2.24, 2.45) is 5.92 Å². The first-order chi connectivity index (χ1) is 9.93. The highest BCUT2D eigenvalue weighted by molar-refractivity contribution is 6.35. The van der Waals surface area contributed by atoms with Crippen molar-refractivity contribution in [3.05, 3.63) is 33.8 Å². The molecule has 0 bridgehead atoms. The van der Waals surface area contributed by atoms with Crippen LogP contribution in [0.5, 0.6) is 0 Å². The molecule has 0 spiro atoms. The number of amides is 1. The van der Waals surface area contributed by atoms with Crippen LogP contribution in [0.4, 0.5) is 0 Å². The standard InChI is InChI=1S/C16H24Cl2N2O/c1-4-15(13-6-5-12(17)9-14(13)18)19-8-7-16(21)20-10-11(2)3/h5-6,9,11,15,19H,4,7-8,10H2,1-3H3,(H,20,21). The molecule has 0 saturated carbocycles. The van der Waals surface area contributed by atoms with Crippen molar-refractivity contribution in [3.8, 4) is 0 Å². The zero-order valence-electron chi connectivity index (χ0n) is 12.9. The van der Waals surface area contributed by atoms with Gasteiger partial charge in [-0.2, -0.15) is 0 Å². The lowest BCUT2D eigenvalue weighted by Crippen LogP contribution is -2.31. The summed E-state index contributed by atoms with van der Waals surface area (Å²) in [6, 6.07) is 5.65. The molecule has 0 aliphatic carbocycles. The molecule has 0 aliphatic heterocycles. The second-order valence-electron chi connectivity index (χ2n) is 5.53. The summed E-state index contributed by atoms with van der Waals surface area (Å²) in [5.41, 5.74) is 1.02. The van der Waals surface area contributed by atoms with Crippen molar-refractivity contribution in [2.45, 2.75) is 39.7 Å². The lowest BCUT2D eigenvalue weighted by atomic mass is 10.0. The Morgan fingerprint density at radius 1 is 1.29 bits per heavy atom. The number of carbonyl (C=O) groups is 1. The number of hydrogen-bond donors (Lipinski definition) is 2. The first kappa shape index (κ1) is 18.3. The van der Waals surface area contributed by atoms with E-state index in [2.05, 4.69) is 31.4 Å². The Hall–Kier alpha value is -0.770. The van der Waals surface area contributed by atoms with Gasteiger partial charge in [-0.3, -0.25) is 4.79 Å². The Morgan fingerprint density at radius 2 is 2.00 bits per heavy atom. The highest BCUT2D eigenvalue weighted by Crippen LogP contribution is 2.27. The quantitative estimate of drug-likeness (QED) is 0.750. The van der Waals surface area contributed by atoms with Crippen LogP contribution >= 0.6 is 23.2 Å². The van der Waals surface area contributed by atoms with Crippen LogP contribution in [-0.2, 0) is 4.79 Å². The van der Waals surface area contributed by atoms with E-state index >= 15 is 0 Å². The van der Waals surface area contributed by atoms with Gasteiger partial charge in [0.25, 0.3) is 0 Å². The maximum atomic E-state index is 11.7. The molecule has 1 aromatic rings. The Bertz CT molecular complexity index is 464. The molecule has 1 rings (SSSR count). The second-order valence-corrected chi connectivity index (χ2v) is 6.37. The van der Waals surface area contributed by atoms with Crippen molar-refractivity contribution in [1.29, 1.82) is 0 Å². The minimum atomic E-state index is 0.0771. The first-order valence-corrected chi connectivity index (χ1v) is 8.14. The Morgan fingerprint density at radius 3 is 2.57 bits per heavy atom. The predicted molar refractivity (Wildman–Crippen MR) is 90.0 cm³/mol. The van der Waals surface area contributed by atoms with Gasteiger partial charge in [-0.15, -0.1) is 0 Å². The molecule has 0 radical (unpaired) electrons. The number of hydrogen-bond acceptors (Lipinski definition) is 2. The maximum absolute atomic E-state index is 11.7. The van der Waals surface area contributed by atoms with Crippen LogP contribution < -0.4 is 10.6 Å². The van der Waals surface area contributed by atoms with Crippen LogP contribution in [0, 0.1) is 5.92 Å². The molecule has 2 N–H and O–H groups in total. The summed E-state index contributed by atoms with van der Waals surface area (Å²) < 4.78 is 0. The van der Waals surface area contributed by atoms with Crippen molar-refractivity contribution in [1.82, 2.24) is 10.6 Å². The van der Waals surface area contributed by atoms with Gasteiger partial charge in [0.15, 0.2) is 0 Å². The summed E-state index contributed by atoms with van der Waals surface area (Å²) >= 11 is 12.1. The largest absolute Gasteiger partial charge is 0.356 e. The fraction of sp³-hybridized carbons (Fsp3) is 0.562. The summed E-state index contributed by atoms with van der Waals surface area (Å²) in [6.45, 7) is 7.59. The number of halogens is 2. The van der Waals surface area contributed by atoms with Crippen molar-refractivity contribution >= 4 is 29.1 Å². The van der Waals surface area contributed by atoms with E-state index in [4.69, 9.17) is 23.2 Å². The van der Waals surface area contributed by atoms with E-state index in [1.165, 1.54) is 0 Å². The van der Waals surface area contributed by atoms with Crippen LogP contribution in [0.15, 0.2) is 18.2 Å². The Balaban J connectivity index is 2.46. The molecule has 5 heteroatoms. The van der Waals surface area contributed by atoms with Gasteiger partial charge >= 0.3 is 0 Å². The lowest BCUT2D eigenvalue weighted by Gasteiger charge is -2.19. The molecule has 1 amide bonds. The molecule has 118 valence electrons. The van der Waals surface area contributed by atoms with Crippen LogP contribution in [0.3, 0.4) is 0 Å². The van der Waals surface area contributed by atoms with E-state index in [0.717, 1.165) is 18.5 Å². The molecule has 21 heavy (non-hydrogen) atoms. The van der Waals surface area contributed by atoms with E-state index in [9.17, 15) is 4.79 Å². The van der Waals surface area contributed by atoms with Crippen molar-refractivity contribution < 1.29 is 4.79 Å². The molecule has 0 saturated heterocycles. The highest BCUT2D eigenvalue weighted by Gasteiger charge is 2.13. The molecule has 1 atom stereocenters. The third-order valence-corrected chi connectivity index (χ3v) is 3.76.